The van der Waals surface area contributed by atoms with E-state index >= 15 is 0 Å². The van der Waals surface area contributed by atoms with Crippen LogP contribution in [0.3, 0.4) is 0 Å². The molecule has 0 radical (unpaired) electrons. The molecule has 13 heteroatoms. The van der Waals surface area contributed by atoms with Crippen LogP contribution in [0.5, 0.6) is 5.75 Å². The Hall–Kier alpha value is -2.21. The summed E-state index contributed by atoms with van der Waals surface area (Å²) in [5, 5.41) is 8.89. The molecule has 6 nitrogen and oxygen atoms in total. The summed E-state index contributed by atoms with van der Waals surface area (Å²) >= 11 is 5.78. The van der Waals surface area contributed by atoms with E-state index in [9.17, 15) is 41.0 Å². The molecule has 0 saturated carbocycles. The zero-order valence-electron chi connectivity index (χ0n) is 18.0. The first kappa shape index (κ1) is 27.0. The smallest absolute Gasteiger partial charge is 0.430 e. The van der Waals surface area contributed by atoms with Crippen molar-refractivity contribution in [3.63, 3.8) is 0 Å². The van der Waals surface area contributed by atoms with Gasteiger partial charge in [-0.25, -0.2) is 4.79 Å². The molecule has 1 aromatic rings. The summed E-state index contributed by atoms with van der Waals surface area (Å²) < 4.78 is 83.1. The first-order chi connectivity index (χ1) is 15.0. The Kier molecular flexibility index (Phi) is 7.54. The fourth-order valence-electron chi connectivity index (χ4n) is 3.24. The fraction of sp³-hybridized carbons (Fsp3) is 0.600. The zero-order chi connectivity index (χ0) is 25.4. The highest BCUT2D eigenvalue weighted by Crippen LogP contribution is 2.50. The average molecular weight is 505 g/mol. The summed E-state index contributed by atoms with van der Waals surface area (Å²) in [7, 11) is 1.54. The van der Waals surface area contributed by atoms with Gasteiger partial charge in [-0.15, -0.1) is 0 Å². The van der Waals surface area contributed by atoms with Gasteiger partial charge >= 0.3 is 18.4 Å². The third kappa shape index (κ3) is 5.01. The van der Waals surface area contributed by atoms with Crippen molar-refractivity contribution in [1.29, 1.82) is 0 Å². The molecule has 0 aromatic heterocycles. The van der Waals surface area contributed by atoms with Crippen molar-refractivity contribution >= 4 is 23.5 Å². The molecule has 3 amide bonds. The van der Waals surface area contributed by atoms with Crippen molar-refractivity contribution in [3.8, 4) is 5.75 Å². The van der Waals surface area contributed by atoms with Gasteiger partial charge in [-0.3, -0.25) is 9.69 Å². The van der Waals surface area contributed by atoms with Crippen LogP contribution in [0.1, 0.15) is 38.7 Å². The molecule has 1 saturated heterocycles. The lowest BCUT2D eigenvalue weighted by molar-refractivity contribution is -0.376. The number of ether oxygens (including phenoxy) is 1. The molecule has 1 N–H and O–H groups in total. The number of likely N-dealkylation sites (N-methyl/N-ethyl adjacent to an activating group) is 1. The molecule has 0 unspecified atom stereocenters. The Morgan fingerprint density at radius 2 is 1.61 bits per heavy atom. The largest absolute Gasteiger partial charge is 0.492 e. The van der Waals surface area contributed by atoms with Crippen LogP contribution >= 0.6 is 11.6 Å². The predicted octanol–water partition coefficient (Wildman–Crippen LogP) is 4.87. The van der Waals surface area contributed by atoms with Gasteiger partial charge in [0.25, 0.3) is 11.5 Å². The van der Waals surface area contributed by atoms with Crippen molar-refractivity contribution < 1.29 is 45.8 Å². The normalized spacial score (nSPS) is 17.2. The van der Waals surface area contributed by atoms with Crippen molar-refractivity contribution in [2.45, 2.75) is 56.6 Å². The van der Waals surface area contributed by atoms with Gasteiger partial charge in [0.2, 0.25) is 0 Å². The number of urea groups is 1. The summed E-state index contributed by atoms with van der Waals surface area (Å²) in [4.78, 5) is 26.9. The molecule has 0 spiro atoms. The second kappa shape index (κ2) is 9.21. The first-order valence-electron chi connectivity index (χ1n) is 9.84. The quantitative estimate of drug-likeness (QED) is 0.311. The third-order valence-corrected chi connectivity index (χ3v) is 5.87. The van der Waals surface area contributed by atoms with Crippen molar-refractivity contribution in [2.24, 2.45) is 0 Å². The number of aliphatic hydroxyl groups is 1. The average Bonchev–Trinajstić information content (AvgIpc) is 2.83. The van der Waals surface area contributed by atoms with Gasteiger partial charge in [0.15, 0.2) is 0 Å². The standard InChI is InChI=1S/C20H23ClF6N2O4/c1-17(2)15(30)29(16(31)28(17)3)9-5-4-6-10-33-14-8-7-12(11-13(14)21)18(32,19(22,23)24)20(25,26)27/h7-8,11,32H,4-6,9-10H2,1-3H3. The molecule has 186 valence electrons. The maximum absolute atomic E-state index is 13.0. The van der Waals surface area contributed by atoms with Gasteiger partial charge in [-0.2, -0.15) is 26.3 Å². The molecule has 1 aliphatic rings. The number of hydrogen-bond donors (Lipinski definition) is 1. The lowest BCUT2D eigenvalue weighted by atomic mass is 9.92. The number of hydrogen-bond acceptors (Lipinski definition) is 4. The van der Waals surface area contributed by atoms with Crippen molar-refractivity contribution in [1.82, 2.24) is 9.80 Å². The molecule has 1 aliphatic heterocycles. The van der Waals surface area contributed by atoms with Crippen LogP contribution in [0.25, 0.3) is 0 Å². The first-order valence-corrected chi connectivity index (χ1v) is 10.2. The molecule has 0 aliphatic carbocycles. The number of benzene rings is 1. The van der Waals surface area contributed by atoms with E-state index in [1.54, 1.807) is 13.8 Å². The van der Waals surface area contributed by atoms with Gasteiger partial charge in [0.1, 0.15) is 11.3 Å². The Labute approximate surface area is 191 Å². The minimum Gasteiger partial charge on any atom is -0.492 e. The number of halogens is 7. The topological polar surface area (TPSA) is 70.1 Å². The van der Waals surface area contributed by atoms with Gasteiger partial charge in [0.05, 0.1) is 11.6 Å². The number of unbranched alkanes of at least 4 members (excludes halogenated alkanes) is 2. The number of carbonyl (C=O) groups excluding carboxylic acids is 2. The van der Waals surface area contributed by atoms with E-state index in [1.807, 2.05) is 0 Å². The summed E-state index contributed by atoms with van der Waals surface area (Å²) in [6.07, 6.45) is -10.6. The van der Waals surface area contributed by atoms with Crippen molar-refractivity contribution in [2.75, 3.05) is 20.2 Å². The number of carbonyl (C=O) groups is 2. The molecule has 33 heavy (non-hydrogen) atoms. The number of nitrogens with zero attached hydrogens (tertiary/aromatic N) is 2. The molecule has 0 bridgehead atoms. The molecular weight excluding hydrogens is 482 g/mol. The maximum atomic E-state index is 13.0. The lowest BCUT2D eigenvalue weighted by Gasteiger charge is -2.32. The minimum absolute atomic E-state index is 0.0369. The third-order valence-electron chi connectivity index (χ3n) is 5.58. The van der Waals surface area contributed by atoms with Gasteiger partial charge in [0, 0.05) is 19.2 Å². The Balaban J connectivity index is 1.91. The monoisotopic (exact) mass is 504 g/mol. The number of rotatable bonds is 8. The Morgan fingerprint density at radius 1 is 1.03 bits per heavy atom. The van der Waals surface area contributed by atoms with Crippen LogP contribution in [0.2, 0.25) is 5.02 Å². The van der Waals surface area contributed by atoms with E-state index in [-0.39, 0.29) is 24.8 Å². The highest BCUT2D eigenvalue weighted by molar-refractivity contribution is 6.32. The number of alkyl halides is 6. The van der Waals surface area contributed by atoms with Crippen LogP contribution in [0, 0.1) is 0 Å². The summed E-state index contributed by atoms with van der Waals surface area (Å²) in [5.74, 6) is -0.462. The van der Waals surface area contributed by atoms with Crippen LogP contribution in [0.4, 0.5) is 31.1 Å². The van der Waals surface area contributed by atoms with Crippen LogP contribution in [0.15, 0.2) is 18.2 Å². The Morgan fingerprint density at radius 3 is 2.06 bits per heavy atom. The van der Waals surface area contributed by atoms with E-state index in [4.69, 9.17) is 16.3 Å². The van der Waals surface area contributed by atoms with E-state index in [1.165, 1.54) is 11.9 Å². The van der Waals surface area contributed by atoms with Gasteiger partial charge < -0.3 is 14.7 Å². The van der Waals surface area contributed by atoms with Crippen molar-refractivity contribution in [3.05, 3.63) is 28.8 Å². The molecule has 1 fully saturated rings. The van der Waals surface area contributed by atoms with Crippen LogP contribution in [-0.4, -0.2) is 64.9 Å². The molecule has 1 heterocycles. The minimum atomic E-state index is -6.01. The second-order valence-electron chi connectivity index (χ2n) is 8.12. The molecule has 0 atom stereocenters. The SMILES string of the molecule is CN1C(=O)N(CCCCCOc2ccc(C(O)(C(F)(F)F)C(F)(F)F)cc2Cl)C(=O)C1(C)C. The Bertz CT molecular complexity index is 890. The van der Waals surface area contributed by atoms with E-state index in [0.717, 1.165) is 11.0 Å². The van der Waals surface area contributed by atoms with E-state index < -0.39 is 40.1 Å². The number of amides is 3. The van der Waals surface area contributed by atoms with E-state index in [0.29, 0.717) is 31.4 Å². The summed E-state index contributed by atoms with van der Waals surface area (Å²) in [6.45, 7) is 3.52. The summed E-state index contributed by atoms with van der Waals surface area (Å²) in [6, 6.07) is 1.23. The number of imide groups is 1. The van der Waals surface area contributed by atoms with Crippen LogP contribution < -0.4 is 4.74 Å². The van der Waals surface area contributed by atoms with Gasteiger partial charge in [-0.1, -0.05) is 17.7 Å². The zero-order valence-corrected chi connectivity index (χ0v) is 18.7. The second-order valence-corrected chi connectivity index (χ2v) is 8.52. The molecular formula is C20H23ClF6N2O4. The maximum Gasteiger partial charge on any atom is 0.430 e. The molecule has 2 rings (SSSR count). The highest BCUT2D eigenvalue weighted by Gasteiger charge is 2.71. The highest BCUT2D eigenvalue weighted by atomic mass is 35.5. The fourth-order valence-corrected chi connectivity index (χ4v) is 3.47. The van der Waals surface area contributed by atoms with Crippen LogP contribution in [-0.2, 0) is 10.4 Å². The van der Waals surface area contributed by atoms with E-state index in [2.05, 4.69) is 0 Å². The lowest BCUT2D eigenvalue weighted by Crippen LogP contribution is -2.53. The van der Waals surface area contributed by atoms with Gasteiger partial charge in [-0.05, 0) is 45.2 Å². The summed E-state index contributed by atoms with van der Waals surface area (Å²) in [5.41, 5.74) is -7.48. The predicted molar refractivity (Wildman–Crippen MR) is 106 cm³/mol. The molecule has 1 aromatic carbocycles.